The summed E-state index contributed by atoms with van der Waals surface area (Å²) >= 11 is 0. The predicted octanol–water partition coefficient (Wildman–Crippen LogP) is 2.65. The summed E-state index contributed by atoms with van der Waals surface area (Å²) in [6, 6.07) is 14.2. The van der Waals surface area contributed by atoms with Gasteiger partial charge in [-0.1, -0.05) is 24.3 Å². The van der Waals surface area contributed by atoms with E-state index in [0.717, 1.165) is 6.42 Å². The Hall–Kier alpha value is -4.10. The molecule has 2 aromatic carbocycles. The topological polar surface area (TPSA) is 155 Å². The van der Waals surface area contributed by atoms with Gasteiger partial charge in [-0.05, 0) is 60.8 Å². The van der Waals surface area contributed by atoms with Crippen molar-refractivity contribution in [3.8, 4) is 23.0 Å². The number of aliphatic hydroxyl groups is 2. The number of hydrogen-bond donors (Lipinski definition) is 2. The number of rotatable bonds is 18. The van der Waals surface area contributed by atoms with Gasteiger partial charge in [-0.3, -0.25) is 0 Å². The van der Waals surface area contributed by atoms with Crippen LogP contribution in [0.5, 0.6) is 23.0 Å². The molecule has 3 fully saturated rings. The number of hydrogen-bond acceptors (Lipinski definition) is 12. The number of carbonyl (C=O) groups is 2. The number of ether oxygens (including phenoxy) is 8. The molecular weight excluding hydrogens is 624 g/mol. The number of benzene rings is 2. The zero-order valence-corrected chi connectivity index (χ0v) is 26.4. The molecule has 7 rings (SSSR count). The van der Waals surface area contributed by atoms with E-state index in [9.17, 15) is 19.8 Å². The smallest absolute Gasteiger partial charge is 0.334 e. The minimum Gasteiger partial charge on any atom is -0.491 e. The molecule has 2 heterocycles. The molecule has 12 heteroatoms. The van der Waals surface area contributed by atoms with Crippen LogP contribution in [0, 0.1) is 23.7 Å². The fourth-order valence-corrected chi connectivity index (χ4v) is 6.57. The first-order chi connectivity index (χ1) is 23.4. The molecule has 256 valence electrons. The molecule has 0 amide bonds. The van der Waals surface area contributed by atoms with Crippen LogP contribution in [-0.2, 0) is 28.5 Å². The van der Waals surface area contributed by atoms with Crippen LogP contribution < -0.4 is 18.9 Å². The van der Waals surface area contributed by atoms with E-state index in [0.29, 0.717) is 67.0 Å². The molecule has 2 aliphatic heterocycles. The summed E-state index contributed by atoms with van der Waals surface area (Å²) in [6.07, 6.45) is 3.50. The molecule has 2 N–H and O–H groups in total. The summed E-state index contributed by atoms with van der Waals surface area (Å²) in [6.45, 7) is 1.88. The third-order valence-electron chi connectivity index (χ3n) is 9.16. The van der Waals surface area contributed by atoms with Crippen LogP contribution in [0.4, 0.5) is 0 Å². The molecule has 5 aliphatic rings. The second-order valence-corrected chi connectivity index (χ2v) is 12.9. The molecule has 0 spiro atoms. The van der Waals surface area contributed by atoms with Crippen LogP contribution in [0.2, 0.25) is 0 Å². The molecule has 0 radical (unpaired) electrons. The first-order valence-electron chi connectivity index (χ1n) is 16.4. The second-order valence-electron chi connectivity index (χ2n) is 12.9. The van der Waals surface area contributed by atoms with Crippen LogP contribution in [-0.4, -0.2) is 99.4 Å². The molecule has 2 bridgehead atoms. The monoisotopic (exact) mass is 664 g/mol. The molecule has 1 saturated carbocycles. The number of epoxide rings is 2. The average Bonchev–Trinajstić information content (AvgIpc) is 4.00. The van der Waals surface area contributed by atoms with Gasteiger partial charge in [0.1, 0.15) is 87.1 Å². The third-order valence-corrected chi connectivity index (χ3v) is 9.16. The highest BCUT2D eigenvalue weighted by atomic mass is 16.6. The van der Waals surface area contributed by atoms with Crippen LogP contribution in [0.15, 0.2) is 71.8 Å². The van der Waals surface area contributed by atoms with Crippen molar-refractivity contribution < 1.29 is 57.7 Å². The van der Waals surface area contributed by atoms with E-state index in [4.69, 9.17) is 37.9 Å². The molecule has 0 aromatic heterocycles. The first kappa shape index (κ1) is 32.4. The maximum Gasteiger partial charge on any atom is 0.334 e. The maximum absolute atomic E-state index is 13.0. The van der Waals surface area contributed by atoms with Crippen molar-refractivity contribution >= 4 is 11.9 Å². The maximum atomic E-state index is 13.0. The van der Waals surface area contributed by atoms with E-state index >= 15 is 0 Å². The van der Waals surface area contributed by atoms with Crippen molar-refractivity contribution in [3.63, 3.8) is 0 Å². The molecule has 8 unspecified atom stereocenters. The third kappa shape index (κ3) is 8.30. The average molecular weight is 665 g/mol. The Bertz CT molecular complexity index is 1530. The Morgan fingerprint density at radius 3 is 1.79 bits per heavy atom. The van der Waals surface area contributed by atoms with Crippen molar-refractivity contribution in [2.24, 2.45) is 23.7 Å². The van der Waals surface area contributed by atoms with E-state index in [1.165, 1.54) is 0 Å². The van der Waals surface area contributed by atoms with Gasteiger partial charge in [-0.25, -0.2) is 9.59 Å². The van der Waals surface area contributed by atoms with E-state index in [2.05, 4.69) is 0 Å². The lowest BCUT2D eigenvalue weighted by atomic mass is 9.81. The zero-order chi connectivity index (χ0) is 33.0. The van der Waals surface area contributed by atoms with E-state index < -0.39 is 24.1 Å². The molecule has 8 atom stereocenters. The van der Waals surface area contributed by atoms with Gasteiger partial charge in [0, 0.05) is 23.3 Å². The normalized spacial score (nSPS) is 27.2. The Morgan fingerprint density at radius 1 is 0.729 bits per heavy atom. The second kappa shape index (κ2) is 14.6. The molecular formula is C36H40O12. The largest absolute Gasteiger partial charge is 0.491 e. The number of allylic oxidation sites excluding steroid dienone is 2. The quantitative estimate of drug-likeness (QED) is 0.178. The van der Waals surface area contributed by atoms with Crippen molar-refractivity contribution in [2.75, 3.05) is 52.9 Å². The van der Waals surface area contributed by atoms with E-state index in [1.807, 2.05) is 24.3 Å². The summed E-state index contributed by atoms with van der Waals surface area (Å²) in [5, 5.41) is 20.8. The van der Waals surface area contributed by atoms with Crippen LogP contribution >= 0.6 is 0 Å². The van der Waals surface area contributed by atoms with Crippen molar-refractivity contribution in [1.29, 1.82) is 0 Å². The Labute approximate surface area is 278 Å². The highest BCUT2D eigenvalue weighted by molar-refractivity contribution is 5.92. The molecule has 2 saturated heterocycles. The lowest BCUT2D eigenvalue weighted by Gasteiger charge is -2.24. The number of carbonyl (C=O) groups excluding carboxylic acids is 2. The SMILES string of the molecule is O=C(OCC(O)COc1cccc(OCC2CO2)c1)C1=CC2C3C=C(C(=O)OCC(O)COc4cccc(OCC5CO5)c4)C(C3)C2C1. The highest BCUT2D eigenvalue weighted by Gasteiger charge is 2.52. The summed E-state index contributed by atoms with van der Waals surface area (Å²) in [5.74, 6) is 1.81. The fraction of sp³-hybridized carbons (Fsp3) is 0.500. The van der Waals surface area contributed by atoms with Gasteiger partial charge in [0.05, 0.1) is 13.2 Å². The van der Waals surface area contributed by atoms with Gasteiger partial charge in [-0.15, -0.1) is 0 Å². The Balaban J connectivity index is 0.806. The van der Waals surface area contributed by atoms with E-state index in [1.54, 1.807) is 36.4 Å². The van der Waals surface area contributed by atoms with Gasteiger partial charge in [0.2, 0.25) is 0 Å². The van der Waals surface area contributed by atoms with Gasteiger partial charge in [-0.2, -0.15) is 0 Å². The van der Waals surface area contributed by atoms with Gasteiger partial charge < -0.3 is 48.1 Å². The summed E-state index contributed by atoms with van der Waals surface area (Å²) in [7, 11) is 0. The van der Waals surface area contributed by atoms with Crippen LogP contribution in [0.25, 0.3) is 0 Å². The summed E-state index contributed by atoms with van der Waals surface area (Å²) < 4.78 is 43.8. The minimum atomic E-state index is -1.01. The number of fused-ring (bicyclic) bond motifs is 5. The van der Waals surface area contributed by atoms with Crippen molar-refractivity contribution in [2.45, 2.75) is 37.3 Å². The summed E-state index contributed by atoms with van der Waals surface area (Å²) in [4.78, 5) is 25.9. The Morgan fingerprint density at radius 2 is 1.25 bits per heavy atom. The number of aliphatic hydroxyl groups excluding tert-OH is 2. The molecule has 48 heavy (non-hydrogen) atoms. The molecule has 3 aliphatic carbocycles. The first-order valence-corrected chi connectivity index (χ1v) is 16.4. The van der Waals surface area contributed by atoms with Gasteiger partial charge >= 0.3 is 11.9 Å². The van der Waals surface area contributed by atoms with Crippen molar-refractivity contribution in [3.05, 3.63) is 71.8 Å². The van der Waals surface area contributed by atoms with E-state index in [-0.39, 0.29) is 62.3 Å². The fourth-order valence-electron chi connectivity index (χ4n) is 6.57. The Kier molecular flexibility index (Phi) is 9.85. The predicted molar refractivity (Wildman–Crippen MR) is 168 cm³/mol. The van der Waals surface area contributed by atoms with Gasteiger partial charge in [0.25, 0.3) is 0 Å². The van der Waals surface area contributed by atoms with Crippen LogP contribution in [0.3, 0.4) is 0 Å². The molecule has 2 aromatic rings. The van der Waals surface area contributed by atoms with Crippen molar-refractivity contribution in [1.82, 2.24) is 0 Å². The lowest BCUT2D eigenvalue weighted by Crippen LogP contribution is -2.28. The minimum absolute atomic E-state index is 0.0262. The number of esters is 2. The standard InChI is InChI=1S/C36H40O12/c37-23(13-41-25-3-1-5-27(11-25)43-17-29-19-45-29)15-47-35(39)22-9-31-21-7-33(32(31)10-22)34(8-21)36(40)48-16-24(38)14-42-26-4-2-6-28(12-26)44-18-30-20-46-30/h1-6,8-9,11-12,21,23-24,29-33,37-38H,7,10,13-20H2. The summed E-state index contributed by atoms with van der Waals surface area (Å²) in [5.41, 5.74) is 1.16. The highest BCUT2D eigenvalue weighted by Crippen LogP contribution is 2.57. The van der Waals surface area contributed by atoms with Crippen LogP contribution in [0.1, 0.15) is 12.8 Å². The lowest BCUT2D eigenvalue weighted by molar-refractivity contribution is -0.143. The molecule has 12 nitrogen and oxygen atoms in total. The van der Waals surface area contributed by atoms with Gasteiger partial charge in [0.15, 0.2) is 0 Å². The zero-order valence-electron chi connectivity index (χ0n) is 26.4.